The van der Waals surface area contributed by atoms with E-state index in [4.69, 9.17) is 4.42 Å². The Kier molecular flexibility index (Phi) is 5.83. The Labute approximate surface area is 187 Å². The van der Waals surface area contributed by atoms with Crippen molar-refractivity contribution in [3.8, 4) is 11.5 Å². The van der Waals surface area contributed by atoms with E-state index in [1.54, 1.807) is 0 Å². The van der Waals surface area contributed by atoms with Gasteiger partial charge in [0.2, 0.25) is 5.89 Å². The lowest BCUT2D eigenvalue weighted by atomic mass is 10.1. The van der Waals surface area contributed by atoms with Gasteiger partial charge in [-0.3, -0.25) is 9.69 Å². The molecule has 1 saturated heterocycles. The highest BCUT2D eigenvalue weighted by molar-refractivity contribution is 7.99. The normalized spacial score (nSPS) is 16.9. The van der Waals surface area contributed by atoms with Gasteiger partial charge in [0, 0.05) is 48.3 Å². The number of rotatable bonds is 6. The highest BCUT2D eigenvalue weighted by Gasteiger charge is 2.34. The van der Waals surface area contributed by atoms with Gasteiger partial charge < -0.3 is 9.73 Å². The average Bonchev–Trinajstić information content (AvgIpc) is 3.55. The van der Waals surface area contributed by atoms with Crippen molar-refractivity contribution >= 4 is 23.4 Å². The third kappa shape index (κ3) is 4.55. The molecule has 0 atom stereocenters. The van der Waals surface area contributed by atoms with Gasteiger partial charge in [0.25, 0.3) is 5.91 Å². The molecule has 0 bridgehead atoms. The molecule has 0 unspecified atom stereocenters. The highest BCUT2D eigenvalue weighted by Crippen LogP contribution is 2.43. The van der Waals surface area contributed by atoms with Gasteiger partial charge in [0.05, 0.1) is 0 Å². The van der Waals surface area contributed by atoms with Crippen molar-refractivity contribution < 1.29 is 9.21 Å². The molecule has 31 heavy (non-hydrogen) atoms. The molecule has 5 nitrogen and oxygen atoms in total. The Morgan fingerprint density at radius 3 is 2.65 bits per heavy atom. The fourth-order valence-electron chi connectivity index (χ4n) is 3.99. The topological polar surface area (TPSA) is 58.4 Å². The molecule has 2 heterocycles. The quantitative estimate of drug-likeness (QED) is 0.569. The Morgan fingerprint density at radius 1 is 1.13 bits per heavy atom. The van der Waals surface area contributed by atoms with Gasteiger partial charge in [-0.1, -0.05) is 30.3 Å². The molecular formula is C25H27N3O2S. The second-order valence-corrected chi connectivity index (χ2v) is 9.53. The average molecular weight is 434 g/mol. The number of oxazole rings is 1. The molecule has 1 aliphatic heterocycles. The van der Waals surface area contributed by atoms with Crippen molar-refractivity contribution in [2.24, 2.45) is 0 Å². The summed E-state index contributed by atoms with van der Waals surface area (Å²) >= 11 is 2.02. The van der Waals surface area contributed by atoms with E-state index in [9.17, 15) is 4.79 Å². The first-order chi connectivity index (χ1) is 15.2. The van der Waals surface area contributed by atoms with Gasteiger partial charge in [-0.25, -0.2) is 4.98 Å². The van der Waals surface area contributed by atoms with E-state index in [1.807, 2.05) is 54.2 Å². The van der Waals surface area contributed by atoms with Gasteiger partial charge >= 0.3 is 0 Å². The van der Waals surface area contributed by atoms with Crippen LogP contribution in [0.2, 0.25) is 0 Å². The minimum Gasteiger partial charge on any atom is -0.440 e. The second-order valence-electron chi connectivity index (χ2n) is 8.30. The van der Waals surface area contributed by atoms with Gasteiger partial charge in [0.1, 0.15) is 5.76 Å². The van der Waals surface area contributed by atoms with Crippen LogP contribution in [-0.2, 0) is 6.54 Å². The zero-order valence-electron chi connectivity index (χ0n) is 17.8. The fourth-order valence-corrected chi connectivity index (χ4v) is 4.97. The van der Waals surface area contributed by atoms with Crippen LogP contribution in [0.1, 0.15) is 46.1 Å². The van der Waals surface area contributed by atoms with E-state index in [0.29, 0.717) is 17.5 Å². The Bertz CT molecular complexity index is 1070. The lowest BCUT2D eigenvalue weighted by molar-refractivity contribution is 0.102. The number of nitrogens with one attached hydrogen (secondary N) is 1. The molecule has 0 radical (unpaired) electrons. The number of amides is 1. The maximum absolute atomic E-state index is 13.2. The monoisotopic (exact) mass is 433 g/mol. The van der Waals surface area contributed by atoms with Crippen molar-refractivity contribution in [2.45, 2.75) is 32.2 Å². The second kappa shape index (κ2) is 8.89. The summed E-state index contributed by atoms with van der Waals surface area (Å²) in [5.41, 5.74) is 4.53. The number of thioether (sulfide) groups is 1. The smallest absolute Gasteiger partial charge is 0.277 e. The summed E-state index contributed by atoms with van der Waals surface area (Å²) in [6, 6.07) is 15.9. The first kappa shape index (κ1) is 20.3. The number of hydrogen-bond acceptors (Lipinski definition) is 5. The van der Waals surface area contributed by atoms with Crippen molar-refractivity contribution in [1.82, 2.24) is 9.88 Å². The lowest BCUT2D eigenvalue weighted by Gasteiger charge is -2.27. The highest BCUT2D eigenvalue weighted by atomic mass is 32.2. The molecule has 5 rings (SSSR count). The molecule has 3 aromatic rings. The molecule has 2 aromatic carbocycles. The van der Waals surface area contributed by atoms with Crippen molar-refractivity contribution in [1.29, 1.82) is 0 Å². The molecule has 6 heteroatoms. The van der Waals surface area contributed by atoms with Gasteiger partial charge in [-0.2, -0.15) is 11.8 Å². The van der Waals surface area contributed by atoms with Crippen molar-refractivity contribution in [3.05, 3.63) is 71.1 Å². The van der Waals surface area contributed by atoms with Crippen LogP contribution >= 0.6 is 11.8 Å². The third-order valence-electron chi connectivity index (χ3n) is 6.03. The number of carbonyl (C=O) groups is 1. The molecule has 1 saturated carbocycles. The molecule has 0 spiro atoms. The predicted octanol–water partition coefficient (Wildman–Crippen LogP) is 5.33. The van der Waals surface area contributed by atoms with E-state index in [2.05, 4.69) is 28.2 Å². The van der Waals surface area contributed by atoms with E-state index in [-0.39, 0.29) is 5.91 Å². The van der Waals surface area contributed by atoms with Gasteiger partial charge in [-0.05, 0) is 49.1 Å². The predicted molar refractivity (Wildman–Crippen MR) is 126 cm³/mol. The van der Waals surface area contributed by atoms with Crippen LogP contribution in [0.5, 0.6) is 0 Å². The molecule has 160 valence electrons. The molecule has 1 aromatic heterocycles. The fraction of sp³-hybridized carbons (Fsp3) is 0.360. The SMILES string of the molecule is Cc1c(CN2CCSCC2)cccc1NC(=O)c1nc(-c2ccccc2)oc1C1CC1. The van der Waals surface area contributed by atoms with Crippen LogP contribution in [0, 0.1) is 6.92 Å². The molecule has 2 aliphatic rings. The zero-order chi connectivity index (χ0) is 21.2. The molecule has 2 fully saturated rings. The summed E-state index contributed by atoms with van der Waals surface area (Å²) in [4.78, 5) is 20.3. The van der Waals surface area contributed by atoms with Crippen LogP contribution < -0.4 is 5.32 Å². The number of hydrogen-bond donors (Lipinski definition) is 1. The molecular weight excluding hydrogens is 406 g/mol. The van der Waals surface area contributed by atoms with Gasteiger partial charge in [-0.15, -0.1) is 0 Å². The zero-order valence-corrected chi connectivity index (χ0v) is 18.6. The first-order valence-corrected chi connectivity index (χ1v) is 12.1. The number of aromatic nitrogens is 1. The van der Waals surface area contributed by atoms with E-state index < -0.39 is 0 Å². The largest absolute Gasteiger partial charge is 0.440 e. The summed E-state index contributed by atoms with van der Waals surface area (Å²) in [6.45, 7) is 5.24. The van der Waals surface area contributed by atoms with Gasteiger partial charge in [0.15, 0.2) is 5.69 Å². The molecule has 1 aliphatic carbocycles. The number of benzene rings is 2. The van der Waals surface area contributed by atoms with Crippen molar-refractivity contribution in [3.63, 3.8) is 0 Å². The van der Waals surface area contributed by atoms with E-state index in [0.717, 1.165) is 55.1 Å². The summed E-state index contributed by atoms with van der Waals surface area (Å²) in [5.74, 6) is 3.72. The van der Waals surface area contributed by atoms with Crippen LogP contribution in [0.4, 0.5) is 5.69 Å². The standard InChI is InChI=1S/C25H27N3O2S/c1-17-20(16-28-12-14-31-15-13-28)8-5-9-21(17)26-24(29)22-23(18-10-11-18)30-25(27-22)19-6-3-2-4-7-19/h2-9,18H,10-16H2,1H3,(H,26,29). The Balaban J connectivity index is 1.38. The Hall–Kier alpha value is -2.57. The minimum absolute atomic E-state index is 0.192. The minimum atomic E-state index is -0.192. The van der Waals surface area contributed by atoms with Crippen LogP contribution in [-0.4, -0.2) is 40.4 Å². The maximum atomic E-state index is 13.2. The lowest BCUT2D eigenvalue weighted by Crippen LogP contribution is -2.32. The third-order valence-corrected chi connectivity index (χ3v) is 6.97. The summed E-state index contributed by atoms with van der Waals surface area (Å²) in [5, 5.41) is 3.11. The Morgan fingerprint density at radius 2 is 1.90 bits per heavy atom. The number of carbonyl (C=O) groups excluding carboxylic acids is 1. The number of anilines is 1. The van der Waals surface area contributed by atoms with Crippen LogP contribution in [0.15, 0.2) is 52.9 Å². The molecule has 1 amide bonds. The summed E-state index contributed by atoms with van der Waals surface area (Å²) in [6.07, 6.45) is 2.10. The summed E-state index contributed by atoms with van der Waals surface area (Å²) < 4.78 is 6.06. The first-order valence-electron chi connectivity index (χ1n) is 10.9. The maximum Gasteiger partial charge on any atom is 0.277 e. The number of nitrogens with zero attached hydrogens (tertiary/aromatic N) is 2. The van der Waals surface area contributed by atoms with E-state index in [1.165, 1.54) is 17.1 Å². The van der Waals surface area contributed by atoms with Crippen molar-refractivity contribution in [2.75, 3.05) is 29.9 Å². The van der Waals surface area contributed by atoms with E-state index >= 15 is 0 Å². The molecule has 1 N–H and O–H groups in total. The summed E-state index contributed by atoms with van der Waals surface area (Å²) in [7, 11) is 0. The van der Waals surface area contributed by atoms with Crippen LogP contribution in [0.3, 0.4) is 0 Å². The van der Waals surface area contributed by atoms with Crippen LogP contribution in [0.25, 0.3) is 11.5 Å².